The second-order valence-electron chi connectivity index (χ2n) is 2.60. The predicted molar refractivity (Wildman–Crippen MR) is 51.8 cm³/mol. The molecule has 0 aliphatic rings. The first kappa shape index (κ1) is 12.1. The lowest BCUT2D eigenvalue weighted by molar-refractivity contribution is 0.313. The minimum Gasteiger partial charge on any atom is -0.203 e. The van der Waals surface area contributed by atoms with Crippen molar-refractivity contribution < 1.29 is 17.6 Å². The van der Waals surface area contributed by atoms with Gasteiger partial charge in [-0.2, -0.15) is 8.78 Å². The van der Waals surface area contributed by atoms with E-state index in [0.29, 0.717) is 5.75 Å². The van der Waals surface area contributed by atoms with Crippen molar-refractivity contribution in [3.8, 4) is 0 Å². The van der Waals surface area contributed by atoms with Crippen LogP contribution in [0.15, 0.2) is 29.7 Å². The van der Waals surface area contributed by atoms with E-state index in [2.05, 4.69) is 6.58 Å². The third-order valence-electron chi connectivity index (χ3n) is 1.61. The molecule has 0 aliphatic heterocycles. The van der Waals surface area contributed by atoms with Crippen molar-refractivity contribution in [2.45, 2.75) is 4.90 Å². The Hall–Kier alpha value is -0.970. The van der Waals surface area contributed by atoms with Crippen molar-refractivity contribution in [1.82, 2.24) is 0 Å². The molecule has 1 aromatic carbocycles. The molecule has 0 fully saturated rings. The smallest absolute Gasteiger partial charge is 0.203 e. The van der Waals surface area contributed by atoms with Gasteiger partial charge in [0, 0.05) is 10.6 Å². The second-order valence-corrected chi connectivity index (χ2v) is 3.66. The van der Waals surface area contributed by atoms with Crippen LogP contribution in [-0.2, 0) is 0 Å². The number of halogens is 4. The number of benzene rings is 1. The summed E-state index contributed by atoms with van der Waals surface area (Å²) in [5.41, 5.74) is -0.990. The largest absolute Gasteiger partial charge is 0.342 e. The molecule has 5 heteroatoms. The fraction of sp³-hybridized carbons (Fsp3) is 0.100. The lowest BCUT2D eigenvalue weighted by atomic mass is 10.2. The Labute approximate surface area is 89.0 Å². The van der Waals surface area contributed by atoms with Gasteiger partial charge in [-0.1, -0.05) is 6.08 Å². The van der Waals surface area contributed by atoms with Crippen LogP contribution in [0.4, 0.5) is 17.6 Å². The molecule has 0 spiro atoms. The summed E-state index contributed by atoms with van der Waals surface area (Å²) in [4.78, 5) is -0.00241. The molecule has 81 valence electrons. The monoisotopic (exact) mass is 235 g/mol. The summed E-state index contributed by atoms with van der Waals surface area (Å²) in [5, 5.41) is 0. The third-order valence-corrected chi connectivity index (χ3v) is 2.64. The fourth-order valence-electron chi connectivity index (χ4n) is 0.938. The first-order chi connectivity index (χ1) is 7.07. The van der Waals surface area contributed by atoms with E-state index in [4.69, 9.17) is 0 Å². The van der Waals surface area contributed by atoms with E-state index in [0.717, 1.165) is 23.9 Å². The van der Waals surface area contributed by atoms with Crippen LogP contribution in [0, 0.1) is 18.1 Å². The highest BCUT2D eigenvalue weighted by Crippen LogP contribution is 2.29. The van der Waals surface area contributed by atoms with Gasteiger partial charge in [0.2, 0.25) is 0 Å². The zero-order valence-corrected chi connectivity index (χ0v) is 8.38. The molecule has 0 nitrogen and oxygen atoms in total. The molecule has 1 rings (SSSR count). The van der Waals surface area contributed by atoms with Crippen molar-refractivity contribution in [3.63, 3.8) is 0 Å². The minimum atomic E-state index is -2.23. The highest BCUT2D eigenvalue weighted by Gasteiger charge is 2.20. The van der Waals surface area contributed by atoms with Crippen molar-refractivity contribution in [2.24, 2.45) is 0 Å². The number of rotatable bonds is 4. The zero-order valence-electron chi connectivity index (χ0n) is 7.57. The highest BCUT2D eigenvalue weighted by atomic mass is 32.2. The molecule has 1 radical (unpaired) electrons. The van der Waals surface area contributed by atoms with E-state index < -0.39 is 23.6 Å². The summed E-state index contributed by atoms with van der Waals surface area (Å²) < 4.78 is 50.4. The van der Waals surface area contributed by atoms with Crippen LogP contribution in [0.1, 0.15) is 5.56 Å². The summed E-state index contributed by atoms with van der Waals surface area (Å²) in [6, 6.07) is 1.99. The molecule has 1 aromatic rings. The Balaban J connectivity index is 3.04. The van der Waals surface area contributed by atoms with Crippen LogP contribution >= 0.6 is 11.8 Å². The average Bonchev–Trinajstić information content (AvgIpc) is 2.20. The van der Waals surface area contributed by atoms with Gasteiger partial charge < -0.3 is 0 Å². The first-order valence-electron chi connectivity index (χ1n) is 3.98. The Bertz CT molecular complexity index is 363. The number of hydrogen-bond donors (Lipinski definition) is 0. The normalized spacial score (nSPS) is 10.7. The van der Waals surface area contributed by atoms with E-state index in [1.165, 1.54) is 6.08 Å². The Morgan fingerprint density at radius 2 is 1.93 bits per heavy atom. The van der Waals surface area contributed by atoms with E-state index in [1.807, 2.05) is 0 Å². The molecule has 0 unspecified atom stereocenters. The van der Waals surface area contributed by atoms with Crippen molar-refractivity contribution >= 4 is 11.8 Å². The Morgan fingerprint density at radius 3 is 2.47 bits per heavy atom. The van der Waals surface area contributed by atoms with Crippen LogP contribution in [0.5, 0.6) is 0 Å². The van der Waals surface area contributed by atoms with E-state index in [9.17, 15) is 17.6 Å². The van der Waals surface area contributed by atoms with Gasteiger partial charge in [0.25, 0.3) is 0 Å². The standard InChI is InChI=1S/C10H7F4S/c1-2-5-15-7-4-3-6(10(13)14)8(11)9(7)12/h2-4H,1,5H2. The van der Waals surface area contributed by atoms with E-state index >= 15 is 0 Å². The summed E-state index contributed by atoms with van der Waals surface area (Å²) in [5.74, 6) is -2.37. The van der Waals surface area contributed by atoms with E-state index in [1.54, 1.807) is 0 Å². The molecule has 0 heterocycles. The molecule has 0 aromatic heterocycles. The van der Waals surface area contributed by atoms with Crippen molar-refractivity contribution in [3.05, 3.63) is 48.4 Å². The van der Waals surface area contributed by atoms with Gasteiger partial charge in [0.15, 0.2) is 11.6 Å². The maximum absolute atomic E-state index is 13.2. The van der Waals surface area contributed by atoms with E-state index in [-0.39, 0.29) is 4.90 Å². The fourth-order valence-corrected chi connectivity index (χ4v) is 1.62. The number of thioether (sulfide) groups is 1. The lowest BCUT2D eigenvalue weighted by Crippen LogP contribution is -1.97. The minimum absolute atomic E-state index is 0.00241. The van der Waals surface area contributed by atoms with Gasteiger partial charge in [-0.15, -0.1) is 18.3 Å². The SMILES string of the molecule is C=CCSc1ccc([C](F)F)c(F)c1F. The topological polar surface area (TPSA) is 0 Å². The molecule has 0 amide bonds. The second kappa shape index (κ2) is 5.21. The summed E-state index contributed by atoms with van der Waals surface area (Å²) >= 11 is 0.994. The van der Waals surface area contributed by atoms with Crippen LogP contribution in [0.25, 0.3) is 0 Å². The third kappa shape index (κ3) is 2.75. The highest BCUT2D eigenvalue weighted by molar-refractivity contribution is 7.99. The van der Waals surface area contributed by atoms with Crippen molar-refractivity contribution in [2.75, 3.05) is 5.75 Å². The summed E-state index contributed by atoms with van der Waals surface area (Å²) in [7, 11) is 0. The molecule has 0 saturated heterocycles. The summed E-state index contributed by atoms with van der Waals surface area (Å²) in [6.45, 7) is 3.41. The molecule has 0 N–H and O–H groups in total. The van der Waals surface area contributed by atoms with Crippen LogP contribution in [0.2, 0.25) is 0 Å². The molecular formula is C10H7F4S. The number of hydrogen-bond acceptors (Lipinski definition) is 1. The maximum Gasteiger partial charge on any atom is 0.342 e. The Morgan fingerprint density at radius 1 is 1.27 bits per heavy atom. The lowest BCUT2D eigenvalue weighted by Gasteiger charge is -2.05. The maximum atomic E-state index is 13.2. The average molecular weight is 235 g/mol. The van der Waals surface area contributed by atoms with Gasteiger partial charge in [-0.25, -0.2) is 8.78 Å². The van der Waals surface area contributed by atoms with Gasteiger partial charge in [0.05, 0.1) is 5.56 Å². The van der Waals surface area contributed by atoms with Crippen LogP contribution in [0.3, 0.4) is 0 Å². The molecule has 0 saturated carbocycles. The van der Waals surface area contributed by atoms with Crippen molar-refractivity contribution in [1.29, 1.82) is 0 Å². The molecular weight excluding hydrogens is 228 g/mol. The molecule has 0 atom stereocenters. The van der Waals surface area contributed by atoms with Gasteiger partial charge in [-0.3, -0.25) is 0 Å². The molecule has 15 heavy (non-hydrogen) atoms. The zero-order chi connectivity index (χ0) is 11.4. The Kier molecular flexibility index (Phi) is 4.20. The first-order valence-corrected chi connectivity index (χ1v) is 4.96. The molecule has 0 bridgehead atoms. The van der Waals surface area contributed by atoms with Crippen LogP contribution in [-0.4, -0.2) is 5.75 Å². The summed E-state index contributed by atoms with van der Waals surface area (Å²) in [6.07, 6.45) is -0.718. The van der Waals surface area contributed by atoms with Gasteiger partial charge in [0.1, 0.15) is 0 Å². The van der Waals surface area contributed by atoms with Gasteiger partial charge in [-0.05, 0) is 12.1 Å². The quantitative estimate of drug-likeness (QED) is 0.431. The van der Waals surface area contributed by atoms with Crippen LogP contribution < -0.4 is 0 Å². The predicted octanol–water partition coefficient (Wildman–Crippen LogP) is 4.02. The van der Waals surface area contributed by atoms with Gasteiger partial charge >= 0.3 is 6.43 Å². The molecule has 0 aliphatic carbocycles.